The molecule has 28 heavy (non-hydrogen) atoms. The van der Waals surface area contributed by atoms with Crippen molar-refractivity contribution in [2.45, 2.75) is 20.0 Å². The third-order valence-corrected chi connectivity index (χ3v) is 3.83. The topological polar surface area (TPSA) is 85.7 Å². The van der Waals surface area contributed by atoms with E-state index in [1.807, 2.05) is 0 Å². The number of aromatic nitrogens is 1. The molecule has 0 aliphatic carbocycles. The minimum Gasteiger partial charge on any atom is -0.506 e. The Balaban J connectivity index is 2.67. The van der Waals surface area contributed by atoms with Crippen LogP contribution in [0.15, 0.2) is 24.4 Å². The first kappa shape index (κ1) is 21.5. The monoisotopic (exact) mass is 417 g/mol. The third kappa shape index (κ3) is 4.53. The Morgan fingerprint density at radius 3 is 1.96 bits per heavy atom. The van der Waals surface area contributed by atoms with Gasteiger partial charge in [0.25, 0.3) is 0 Å². The summed E-state index contributed by atoms with van der Waals surface area (Å²) in [6.07, 6.45) is -4.07. The molecular formula is C18H15ClF3NO5. The molecule has 0 amide bonds. The number of phenols is 1. The molecule has 0 atom stereocenters. The van der Waals surface area contributed by atoms with Crippen molar-refractivity contribution < 1.29 is 37.3 Å². The van der Waals surface area contributed by atoms with E-state index in [9.17, 15) is 27.9 Å². The Labute approximate surface area is 162 Å². The predicted molar refractivity (Wildman–Crippen MR) is 93.3 cm³/mol. The minimum absolute atomic E-state index is 0.00345. The van der Waals surface area contributed by atoms with Crippen LogP contribution in [0.1, 0.15) is 40.1 Å². The Morgan fingerprint density at radius 2 is 1.57 bits per heavy atom. The van der Waals surface area contributed by atoms with Crippen molar-refractivity contribution in [3.63, 3.8) is 0 Å². The number of phenolic OH excluding ortho intramolecular Hbond substituents is 1. The Morgan fingerprint density at radius 1 is 1.07 bits per heavy atom. The maximum absolute atomic E-state index is 12.8. The molecule has 0 radical (unpaired) electrons. The lowest BCUT2D eigenvalue weighted by atomic mass is 10.0. The standard InChI is InChI=1S/C18H15ClF3NO5/c1-3-27-16(25)11-5-9(6-12(15(11)24)17(26)28-4-2)14-13(19)7-10(8-23-14)18(20,21)22/h5-8,24H,3-4H2,1-2H3. The summed E-state index contributed by atoms with van der Waals surface area (Å²) in [6, 6.07) is 2.92. The van der Waals surface area contributed by atoms with Gasteiger partial charge >= 0.3 is 18.1 Å². The second-order valence-corrected chi connectivity index (χ2v) is 5.82. The van der Waals surface area contributed by atoms with E-state index in [4.69, 9.17) is 21.1 Å². The maximum Gasteiger partial charge on any atom is 0.417 e. The summed E-state index contributed by atoms with van der Waals surface area (Å²) < 4.78 is 48.1. The summed E-state index contributed by atoms with van der Waals surface area (Å²) in [6.45, 7) is 3.08. The van der Waals surface area contributed by atoms with Crippen LogP contribution in [0.25, 0.3) is 11.3 Å². The molecule has 1 heterocycles. The van der Waals surface area contributed by atoms with Crippen LogP contribution in [-0.4, -0.2) is 35.2 Å². The zero-order valence-electron chi connectivity index (χ0n) is 14.8. The molecule has 1 N–H and O–H groups in total. The normalized spacial score (nSPS) is 11.2. The lowest BCUT2D eigenvalue weighted by Crippen LogP contribution is -2.11. The number of esters is 2. The highest BCUT2D eigenvalue weighted by Gasteiger charge is 2.32. The van der Waals surface area contributed by atoms with Crippen molar-refractivity contribution in [1.29, 1.82) is 0 Å². The van der Waals surface area contributed by atoms with Crippen LogP contribution in [0.3, 0.4) is 0 Å². The number of aromatic hydroxyl groups is 1. The highest BCUT2D eigenvalue weighted by Crippen LogP contribution is 2.36. The number of carbonyl (C=O) groups is 2. The van der Waals surface area contributed by atoms with Crippen LogP contribution < -0.4 is 0 Å². The lowest BCUT2D eigenvalue weighted by Gasteiger charge is -2.13. The van der Waals surface area contributed by atoms with Crippen molar-refractivity contribution in [2.75, 3.05) is 13.2 Å². The Hall–Kier alpha value is -2.81. The molecule has 1 aromatic carbocycles. The van der Waals surface area contributed by atoms with Gasteiger partial charge in [0, 0.05) is 11.8 Å². The van der Waals surface area contributed by atoms with Gasteiger partial charge < -0.3 is 14.6 Å². The van der Waals surface area contributed by atoms with Crippen LogP contribution in [0, 0.1) is 0 Å². The molecule has 2 aromatic rings. The van der Waals surface area contributed by atoms with Gasteiger partial charge in [-0.05, 0) is 32.0 Å². The molecule has 0 saturated heterocycles. The van der Waals surface area contributed by atoms with E-state index in [1.54, 1.807) is 13.8 Å². The molecule has 0 aliphatic heterocycles. The number of alkyl halides is 3. The number of nitrogens with zero attached hydrogens (tertiary/aromatic N) is 1. The molecule has 10 heteroatoms. The molecule has 0 bridgehead atoms. The van der Waals surface area contributed by atoms with E-state index in [0.717, 1.165) is 12.1 Å². The van der Waals surface area contributed by atoms with Crippen molar-refractivity contribution in [1.82, 2.24) is 4.98 Å². The van der Waals surface area contributed by atoms with Crippen LogP contribution >= 0.6 is 11.6 Å². The lowest BCUT2D eigenvalue weighted by molar-refractivity contribution is -0.137. The van der Waals surface area contributed by atoms with E-state index < -0.39 is 29.4 Å². The van der Waals surface area contributed by atoms with Gasteiger partial charge in [0.2, 0.25) is 0 Å². The van der Waals surface area contributed by atoms with Gasteiger partial charge in [-0.2, -0.15) is 13.2 Å². The molecule has 150 valence electrons. The van der Waals surface area contributed by atoms with E-state index >= 15 is 0 Å². The summed E-state index contributed by atoms with van der Waals surface area (Å²) in [5, 5.41) is 9.91. The largest absolute Gasteiger partial charge is 0.506 e. The number of carbonyl (C=O) groups excluding carboxylic acids is 2. The zero-order valence-corrected chi connectivity index (χ0v) is 15.5. The highest BCUT2D eigenvalue weighted by molar-refractivity contribution is 6.33. The molecule has 1 aromatic heterocycles. The number of ether oxygens (including phenoxy) is 2. The molecule has 6 nitrogen and oxygen atoms in total. The molecule has 2 rings (SSSR count). The second kappa shape index (κ2) is 8.47. The van der Waals surface area contributed by atoms with Crippen molar-refractivity contribution in [2.24, 2.45) is 0 Å². The molecular weight excluding hydrogens is 403 g/mol. The quantitative estimate of drug-likeness (QED) is 0.722. The fraction of sp³-hybridized carbons (Fsp3) is 0.278. The predicted octanol–water partition coefficient (Wildman–Crippen LogP) is 4.48. The number of halogens is 4. The average molecular weight is 418 g/mol. The third-order valence-electron chi connectivity index (χ3n) is 3.54. The van der Waals surface area contributed by atoms with Gasteiger partial charge in [-0.15, -0.1) is 0 Å². The first-order valence-electron chi connectivity index (χ1n) is 8.04. The van der Waals surface area contributed by atoms with Crippen LogP contribution in [0.2, 0.25) is 5.02 Å². The summed E-state index contributed by atoms with van der Waals surface area (Å²) >= 11 is 5.94. The van der Waals surface area contributed by atoms with Crippen molar-refractivity contribution in [3.05, 3.63) is 46.1 Å². The van der Waals surface area contributed by atoms with Gasteiger partial charge in [-0.1, -0.05) is 11.6 Å². The molecule has 0 saturated carbocycles. The fourth-order valence-corrected chi connectivity index (χ4v) is 2.58. The first-order chi connectivity index (χ1) is 13.1. The van der Waals surface area contributed by atoms with Gasteiger partial charge in [-0.25, -0.2) is 9.59 Å². The fourth-order valence-electron chi connectivity index (χ4n) is 2.31. The summed E-state index contributed by atoms with van der Waals surface area (Å²) in [4.78, 5) is 27.9. The van der Waals surface area contributed by atoms with Gasteiger partial charge in [0.1, 0.15) is 16.9 Å². The van der Waals surface area contributed by atoms with E-state index in [0.29, 0.717) is 12.3 Å². The molecule has 0 spiro atoms. The number of hydrogen-bond donors (Lipinski definition) is 1. The van der Waals surface area contributed by atoms with E-state index in [-0.39, 0.29) is 40.6 Å². The number of rotatable bonds is 5. The van der Waals surface area contributed by atoms with E-state index in [1.165, 1.54) is 0 Å². The van der Waals surface area contributed by atoms with Crippen LogP contribution in [0.5, 0.6) is 5.75 Å². The SMILES string of the molecule is CCOC(=O)c1cc(-c2ncc(C(F)(F)F)cc2Cl)cc(C(=O)OCC)c1O. The number of pyridine rings is 1. The summed E-state index contributed by atoms with van der Waals surface area (Å²) in [5.41, 5.74) is -1.90. The van der Waals surface area contributed by atoms with Crippen molar-refractivity contribution in [3.8, 4) is 17.0 Å². The Bertz CT molecular complexity index is 876. The van der Waals surface area contributed by atoms with Crippen LogP contribution in [-0.2, 0) is 15.7 Å². The molecule has 0 aliphatic rings. The number of benzene rings is 1. The first-order valence-corrected chi connectivity index (χ1v) is 8.42. The maximum atomic E-state index is 12.8. The van der Waals surface area contributed by atoms with Crippen molar-refractivity contribution >= 4 is 23.5 Å². The molecule has 0 unspecified atom stereocenters. The molecule has 0 fully saturated rings. The van der Waals surface area contributed by atoms with Gasteiger partial charge in [0.15, 0.2) is 0 Å². The summed E-state index contributed by atoms with van der Waals surface area (Å²) in [5.74, 6) is -2.55. The Kier molecular flexibility index (Phi) is 6.50. The minimum atomic E-state index is -4.64. The second-order valence-electron chi connectivity index (χ2n) is 5.41. The zero-order chi connectivity index (χ0) is 21.1. The summed E-state index contributed by atoms with van der Waals surface area (Å²) in [7, 11) is 0. The smallest absolute Gasteiger partial charge is 0.417 e. The van der Waals surface area contributed by atoms with E-state index in [2.05, 4.69) is 4.98 Å². The average Bonchev–Trinajstić information content (AvgIpc) is 2.61. The highest BCUT2D eigenvalue weighted by atomic mass is 35.5. The van der Waals surface area contributed by atoms with Crippen LogP contribution in [0.4, 0.5) is 13.2 Å². The van der Waals surface area contributed by atoms with Gasteiger partial charge in [0.05, 0.1) is 29.5 Å². The number of hydrogen-bond acceptors (Lipinski definition) is 6. The van der Waals surface area contributed by atoms with Gasteiger partial charge in [-0.3, -0.25) is 4.98 Å².